The van der Waals surface area contributed by atoms with Crippen molar-refractivity contribution in [1.29, 1.82) is 0 Å². The van der Waals surface area contributed by atoms with Crippen LogP contribution in [0.1, 0.15) is 84.5 Å². The van der Waals surface area contributed by atoms with Crippen LogP contribution in [-0.2, 0) is 36.9 Å². The smallest absolute Gasteiger partial charge is 0.382 e. The van der Waals surface area contributed by atoms with Crippen LogP contribution in [0.2, 0.25) is 0 Å². The number of carbonyl (C=O) groups excluding carboxylic acids is 1. The number of pyridine rings is 1. The number of halogens is 7. The van der Waals surface area contributed by atoms with Gasteiger partial charge in [-0.2, -0.15) is 32.1 Å². The molecule has 7 rings (SSSR count). The fourth-order valence-corrected chi connectivity index (χ4v) is 7.29. The highest BCUT2D eigenvalue weighted by Crippen LogP contribution is 2.68. The average Bonchev–Trinajstić information content (AvgIpc) is 3.59. The van der Waals surface area contributed by atoms with Gasteiger partial charge in [-0.05, 0) is 86.8 Å². The van der Waals surface area contributed by atoms with Crippen molar-refractivity contribution >= 4 is 23.4 Å². The number of aliphatic hydroxyl groups is 1. The van der Waals surface area contributed by atoms with E-state index in [1.807, 2.05) is 6.08 Å². The molecule has 0 unspecified atom stereocenters. The molecule has 52 heavy (non-hydrogen) atoms. The standard InChI is InChI=1S/C36H32F7N7O2/c1-34(2,52)10-9-20-7-8-21(22-5-4-6-23-30(22)49(3)48-33(23)44)29(45-20)26(13-17-11-18(37)14-19(38)12-17)46-27(51)16-50-32-28(31(47-50)36(41,42)43)24-15-25(24)35(32,39)40/h6-8,11-12,14,24-26,52H,4-5,13,15-16H2,1-3H3,(H2,44,48)(H,46,51)/t24-,25+,26-/m0/s1. The minimum absolute atomic E-state index is 0.0851. The zero-order valence-electron chi connectivity index (χ0n) is 28.0. The lowest BCUT2D eigenvalue weighted by atomic mass is 9.90. The number of fused-ring (bicyclic) bond motifs is 4. The second kappa shape index (κ2) is 12.2. The fourth-order valence-electron chi connectivity index (χ4n) is 7.29. The van der Waals surface area contributed by atoms with Crippen LogP contribution in [0.5, 0.6) is 0 Å². The van der Waals surface area contributed by atoms with Crippen molar-refractivity contribution in [2.24, 2.45) is 13.0 Å². The molecule has 1 aromatic carbocycles. The van der Waals surface area contributed by atoms with Gasteiger partial charge in [0.15, 0.2) is 11.5 Å². The highest BCUT2D eigenvalue weighted by molar-refractivity contribution is 5.77. The average molecular weight is 728 g/mol. The summed E-state index contributed by atoms with van der Waals surface area (Å²) in [5.41, 5.74) is 3.33. The molecule has 3 heterocycles. The van der Waals surface area contributed by atoms with E-state index in [4.69, 9.17) is 10.7 Å². The highest BCUT2D eigenvalue weighted by atomic mass is 19.4. The monoisotopic (exact) mass is 727 g/mol. The first-order valence-corrected chi connectivity index (χ1v) is 16.4. The molecule has 4 N–H and O–H groups in total. The van der Waals surface area contributed by atoms with Crippen molar-refractivity contribution in [3.05, 3.63) is 92.0 Å². The summed E-state index contributed by atoms with van der Waals surface area (Å²) in [5, 5.41) is 22.0. The number of nitrogen functional groups attached to an aromatic ring is 1. The van der Waals surface area contributed by atoms with Gasteiger partial charge in [-0.15, -0.1) is 0 Å². The molecule has 0 spiro atoms. The van der Waals surface area contributed by atoms with Crippen molar-refractivity contribution in [2.75, 3.05) is 5.73 Å². The molecule has 3 aliphatic rings. The molecule has 0 radical (unpaired) electrons. The van der Waals surface area contributed by atoms with Crippen LogP contribution in [0.25, 0.3) is 11.6 Å². The second-order valence-electron chi connectivity index (χ2n) is 13.9. The lowest BCUT2D eigenvalue weighted by molar-refractivity contribution is -0.142. The minimum atomic E-state index is -5.03. The van der Waals surface area contributed by atoms with Gasteiger partial charge in [-0.25, -0.2) is 13.8 Å². The molecule has 1 amide bonds. The van der Waals surface area contributed by atoms with E-state index < -0.39 is 76.6 Å². The zero-order chi connectivity index (χ0) is 37.5. The summed E-state index contributed by atoms with van der Waals surface area (Å²) in [7, 11) is 1.69. The van der Waals surface area contributed by atoms with Gasteiger partial charge in [0.25, 0.3) is 5.92 Å². The molecule has 3 aromatic heterocycles. The summed E-state index contributed by atoms with van der Waals surface area (Å²) < 4.78 is 103. The molecule has 4 aromatic rings. The number of aryl methyl sites for hydroxylation is 1. The van der Waals surface area contributed by atoms with Crippen LogP contribution < -0.4 is 21.6 Å². The summed E-state index contributed by atoms with van der Waals surface area (Å²) >= 11 is 0. The van der Waals surface area contributed by atoms with E-state index in [0.717, 1.165) is 12.1 Å². The number of aromatic nitrogens is 5. The maximum Gasteiger partial charge on any atom is 0.435 e. The van der Waals surface area contributed by atoms with E-state index in [1.165, 1.54) is 13.8 Å². The van der Waals surface area contributed by atoms with Crippen molar-refractivity contribution < 1.29 is 40.6 Å². The Morgan fingerprint density at radius 2 is 1.87 bits per heavy atom. The number of alkyl halides is 5. The van der Waals surface area contributed by atoms with Crippen molar-refractivity contribution in [2.45, 2.75) is 75.7 Å². The number of nitrogens with zero attached hydrogens (tertiary/aromatic N) is 5. The first-order chi connectivity index (χ1) is 24.3. The van der Waals surface area contributed by atoms with Crippen molar-refractivity contribution in [3.8, 4) is 11.8 Å². The Kier molecular flexibility index (Phi) is 8.28. The number of benzene rings is 1. The summed E-state index contributed by atoms with van der Waals surface area (Å²) in [6.45, 7) is 1.91. The number of amides is 1. The highest BCUT2D eigenvalue weighted by Gasteiger charge is 2.68. The van der Waals surface area contributed by atoms with Crippen LogP contribution >= 0.6 is 0 Å². The van der Waals surface area contributed by atoms with E-state index in [2.05, 4.69) is 27.4 Å². The third kappa shape index (κ3) is 6.42. The molecule has 0 bridgehead atoms. The molecule has 9 nitrogen and oxygen atoms in total. The predicted molar refractivity (Wildman–Crippen MR) is 173 cm³/mol. The molecule has 272 valence electrons. The van der Waals surface area contributed by atoms with E-state index in [0.29, 0.717) is 45.3 Å². The number of anilines is 1. The largest absolute Gasteiger partial charge is 0.435 e. The third-order valence-electron chi connectivity index (χ3n) is 9.41. The molecule has 0 saturated heterocycles. The molecule has 1 fully saturated rings. The van der Waals surface area contributed by atoms with E-state index in [9.17, 15) is 31.9 Å². The topological polar surface area (TPSA) is 124 Å². The van der Waals surface area contributed by atoms with Gasteiger partial charge < -0.3 is 16.2 Å². The Morgan fingerprint density at radius 3 is 2.54 bits per heavy atom. The number of hydrogen-bond acceptors (Lipinski definition) is 6. The number of hydrogen-bond donors (Lipinski definition) is 3. The number of nitrogens with two attached hydrogens (primary N) is 1. The molecular formula is C36H32F7N7O2. The van der Waals surface area contributed by atoms with E-state index in [-0.39, 0.29) is 35.6 Å². The summed E-state index contributed by atoms with van der Waals surface area (Å²) in [5.74, 6) is -3.04. The first-order valence-electron chi connectivity index (χ1n) is 16.4. The molecule has 16 heteroatoms. The predicted octanol–water partition coefficient (Wildman–Crippen LogP) is 4.10. The zero-order valence-corrected chi connectivity index (χ0v) is 28.0. The van der Waals surface area contributed by atoms with Gasteiger partial charge in [0.05, 0.1) is 17.1 Å². The van der Waals surface area contributed by atoms with Gasteiger partial charge in [0, 0.05) is 35.4 Å². The first kappa shape index (κ1) is 35.2. The maximum absolute atomic E-state index is 15.3. The van der Waals surface area contributed by atoms with Crippen molar-refractivity contribution in [3.63, 3.8) is 0 Å². The SMILES string of the molecule is Cn1nc(N)c2c1=C(c1ccc(C#CC(C)(C)O)nc1[C@H](Cc1cc(F)cc(F)c1)NC(=O)Cn1nc(C(F)(F)F)c3c1C(F)(F)[C@@H]1C[C@H]31)CCC=2. The summed E-state index contributed by atoms with van der Waals surface area (Å²) in [4.78, 5) is 18.5. The molecule has 0 aliphatic heterocycles. The Hall–Kier alpha value is -5.17. The van der Waals surface area contributed by atoms with Crippen LogP contribution in [0.3, 0.4) is 0 Å². The molecule has 3 aliphatic carbocycles. The maximum atomic E-state index is 15.3. The van der Waals surface area contributed by atoms with Gasteiger partial charge in [-0.1, -0.05) is 12.0 Å². The Morgan fingerprint density at radius 1 is 1.15 bits per heavy atom. The third-order valence-corrected chi connectivity index (χ3v) is 9.41. The summed E-state index contributed by atoms with van der Waals surface area (Å²) in [6, 6.07) is 4.79. The van der Waals surface area contributed by atoms with E-state index in [1.54, 1.807) is 23.9 Å². The van der Waals surface area contributed by atoms with Gasteiger partial charge in [0.1, 0.15) is 35.2 Å². The van der Waals surface area contributed by atoms with Crippen LogP contribution in [0.15, 0.2) is 30.3 Å². The van der Waals surface area contributed by atoms with Gasteiger partial charge >= 0.3 is 6.18 Å². The lowest BCUT2D eigenvalue weighted by Crippen LogP contribution is -2.37. The van der Waals surface area contributed by atoms with Crippen LogP contribution in [0.4, 0.5) is 36.6 Å². The molecule has 3 atom stereocenters. The summed E-state index contributed by atoms with van der Waals surface area (Å²) in [6.07, 6.45) is -2.50. The lowest BCUT2D eigenvalue weighted by Gasteiger charge is -2.24. The van der Waals surface area contributed by atoms with Gasteiger partial charge in [-0.3, -0.25) is 14.2 Å². The van der Waals surface area contributed by atoms with E-state index >= 15 is 8.78 Å². The van der Waals surface area contributed by atoms with Gasteiger partial charge in [0.2, 0.25) is 5.91 Å². The van der Waals surface area contributed by atoms with Crippen LogP contribution in [-0.4, -0.2) is 41.2 Å². The number of carbonyl (C=O) groups is 1. The quantitative estimate of drug-likeness (QED) is 0.195. The fraction of sp³-hybridized carbons (Fsp3) is 0.389. The Labute approximate surface area is 292 Å². The van der Waals surface area contributed by atoms with Crippen LogP contribution in [0, 0.1) is 29.4 Å². The van der Waals surface area contributed by atoms with Crippen molar-refractivity contribution in [1.82, 2.24) is 29.9 Å². The number of nitrogens with one attached hydrogen (secondary N) is 1. The minimum Gasteiger partial charge on any atom is -0.382 e. The Balaban J connectivity index is 1.36. The molecular weight excluding hydrogens is 695 g/mol. The second-order valence-corrected chi connectivity index (χ2v) is 13.9. The molecule has 1 saturated carbocycles. The number of rotatable bonds is 7. The normalized spacial score (nSPS) is 19.2. The Bertz CT molecular complexity index is 2310.